The first-order chi connectivity index (χ1) is 9.63. The molecule has 3 rings (SSSR count). The van der Waals surface area contributed by atoms with Crippen molar-refractivity contribution in [2.24, 2.45) is 0 Å². The average Bonchev–Trinajstić information content (AvgIpc) is 3.24. The first kappa shape index (κ1) is 13.3. The molecule has 1 aliphatic rings. The summed E-state index contributed by atoms with van der Waals surface area (Å²) in [5.41, 5.74) is 5.15. The van der Waals surface area contributed by atoms with Gasteiger partial charge in [0.05, 0.1) is 0 Å². The van der Waals surface area contributed by atoms with Gasteiger partial charge in [0.2, 0.25) is 0 Å². The minimum absolute atomic E-state index is 0.145. The maximum absolute atomic E-state index is 14.2. The quantitative estimate of drug-likeness (QED) is 0.869. The number of hydrogen-bond acceptors (Lipinski definition) is 1. The minimum atomic E-state index is -0.145. The summed E-state index contributed by atoms with van der Waals surface area (Å²) in [6, 6.07) is 12.3. The van der Waals surface area contributed by atoms with E-state index in [9.17, 15) is 4.39 Å². The second kappa shape index (κ2) is 5.37. The molecule has 1 N–H and O–H groups in total. The SMILES string of the molecule is Cc1ccc(F)c(-c2cc(C)ccc2CNC2CC2)c1. The fourth-order valence-electron chi connectivity index (χ4n) is 2.48. The van der Waals surface area contributed by atoms with Crippen LogP contribution in [0.25, 0.3) is 11.1 Å². The highest BCUT2D eigenvalue weighted by Gasteiger charge is 2.21. The van der Waals surface area contributed by atoms with E-state index in [4.69, 9.17) is 0 Å². The molecule has 0 bridgehead atoms. The molecule has 0 spiro atoms. The van der Waals surface area contributed by atoms with Gasteiger partial charge in [-0.05, 0) is 49.9 Å². The van der Waals surface area contributed by atoms with Gasteiger partial charge in [-0.1, -0.05) is 35.4 Å². The summed E-state index contributed by atoms with van der Waals surface area (Å²) in [6.45, 7) is 4.86. The predicted molar refractivity (Wildman–Crippen MR) is 81.2 cm³/mol. The Labute approximate surface area is 119 Å². The van der Waals surface area contributed by atoms with E-state index >= 15 is 0 Å². The Bertz CT molecular complexity index is 629. The number of hydrogen-bond donors (Lipinski definition) is 1. The van der Waals surface area contributed by atoms with Gasteiger partial charge in [0.25, 0.3) is 0 Å². The normalized spacial score (nSPS) is 14.6. The fraction of sp³-hybridized carbons (Fsp3) is 0.333. The van der Waals surface area contributed by atoms with E-state index in [0.717, 1.165) is 23.2 Å². The molecule has 0 atom stereocenters. The van der Waals surface area contributed by atoms with Crippen molar-refractivity contribution in [3.8, 4) is 11.1 Å². The molecule has 1 fully saturated rings. The minimum Gasteiger partial charge on any atom is -0.310 e. The molecule has 0 heterocycles. The first-order valence-electron chi connectivity index (χ1n) is 7.23. The zero-order chi connectivity index (χ0) is 14.1. The van der Waals surface area contributed by atoms with E-state index in [0.29, 0.717) is 11.6 Å². The molecular formula is C18H20FN. The Kier molecular flexibility index (Phi) is 3.58. The van der Waals surface area contributed by atoms with E-state index in [1.165, 1.54) is 18.4 Å². The highest BCUT2D eigenvalue weighted by molar-refractivity contribution is 5.69. The Hall–Kier alpha value is -1.67. The lowest BCUT2D eigenvalue weighted by atomic mass is 9.96. The highest BCUT2D eigenvalue weighted by atomic mass is 19.1. The van der Waals surface area contributed by atoms with Crippen molar-refractivity contribution < 1.29 is 4.39 Å². The standard InChI is InChI=1S/C18H20FN/c1-12-3-5-14(11-20-15-6-7-15)16(9-12)17-10-13(2)4-8-18(17)19/h3-5,8-10,15,20H,6-7,11H2,1-2H3. The van der Waals surface area contributed by atoms with Crippen LogP contribution in [0.2, 0.25) is 0 Å². The third-order valence-corrected chi connectivity index (χ3v) is 3.84. The lowest BCUT2D eigenvalue weighted by molar-refractivity contribution is 0.630. The van der Waals surface area contributed by atoms with Crippen LogP contribution in [0, 0.1) is 19.7 Å². The van der Waals surface area contributed by atoms with Crippen LogP contribution >= 0.6 is 0 Å². The molecule has 0 saturated heterocycles. The number of aryl methyl sites for hydroxylation is 2. The molecule has 1 saturated carbocycles. The number of benzene rings is 2. The van der Waals surface area contributed by atoms with Crippen molar-refractivity contribution in [3.05, 3.63) is 58.9 Å². The van der Waals surface area contributed by atoms with E-state index < -0.39 is 0 Å². The third kappa shape index (κ3) is 2.91. The van der Waals surface area contributed by atoms with Crippen molar-refractivity contribution in [3.63, 3.8) is 0 Å². The van der Waals surface area contributed by atoms with Crippen LogP contribution in [0.3, 0.4) is 0 Å². The molecule has 2 aromatic carbocycles. The maximum Gasteiger partial charge on any atom is 0.131 e. The van der Waals surface area contributed by atoms with Gasteiger partial charge >= 0.3 is 0 Å². The van der Waals surface area contributed by atoms with Crippen LogP contribution in [-0.4, -0.2) is 6.04 Å². The van der Waals surface area contributed by atoms with Gasteiger partial charge in [-0.15, -0.1) is 0 Å². The van der Waals surface area contributed by atoms with Gasteiger partial charge < -0.3 is 5.32 Å². The summed E-state index contributed by atoms with van der Waals surface area (Å²) >= 11 is 0. The molecule has 1 aliphatic carbocycles. The van der Waals surface area contributed by atoms with Crippen molar-refractivity contribution in [1.29, 1.82) is 0 Å². The van der Waals surface area contributed by atoms with Gasteiger partial charge in [-0.25, -0.2) is 4.39 Å². The summed E-state index contributed by atoms with van der Waals surface area (Å²) in [6.07, 6.45) is 2.53. The lowest BCUT2D eigenvalue weighted by Crippen LogP contribution is -2.16. The van der Waals surface area contributed by atoms with Crippen LogP contribution in [0.15, 0.2) is 36.4 Å². The van der Waals surface area contributed by atoms with Gasteiger partial charge in [0, 0.05) is 18.2 Å². The second-order valence-corrected chi connectivity index (χ2v) is 5.80. The van der Waals surface area contributed by atoms with Crippen molar-refractivity contribution in [1.82, 2.24) is 5.32 Å². The van der Waals surface area contributed by atoms with E-state index in [1.54, 1.807) is 6.07 Å². The largest absolute Gasteiger partial charge is 0.310 e. The van der Waals surface area contributed by atoms with Gasteiger partial charge in [-0.3, -0.25) is 0 Å². The van der Waals surface area contributed by atoms with Crippen molar-refractivity contribution >= 4 is 0 Å². The topological polar surface area (TPSA) is 12.0 Å². The van der Waals surface area contributed by atoms with Crippen LogP contribution in [0.1, 0.15) is 29.5 Å². The van der Waals surface area contributed by atoms with E-state index in [2.05, 4.69) is 30.4 Å². The molecule has 104 valence electrons. The number of nitrogens with one attached hydrogen (secondary N) is 1. The molecule has 1 nitrogen and oxygen atoms in total. The fourth-order valence-corrected chi connectivity index (χ4v) is 2.48. The molecule has 0 aliphatic heterocycles. The summed E-state index contributed by atoms with van der Waals surface area (Å²) < 4.78 is 14.2. The molecule has 0 radical (unpaired) electrons. The summed E-state index contributed by atoms with van der Waals surface area (Å²) in [7, 11) is 0. The Morgan fingerprint density at radius 3 is 2.35 bits per heavy atom. The molecule has 0 unspecified atom stereocenters. The predicted octanol–water partition coefficient (Wildman–Crippen LogP) is 4.36. The lowest BCUT2D eigenvalue weighted by Gasteiger charge is -2.13. The van der Waals surface area contributed by atoms with E-state index in [1.807, 2.05) is 19.1 Å². The molecule has 2 aromatic rings. The summed E-state index contributed by atoms with van der Waals surface area (Å²) in [5.74, 6) is -0.145. The summed E-state index contributed by atoms with van der Waals surface area (Å²) in [4.78, 5) is 0. The zero-order valence-corrected chi connectivity index (χ0v) is 12.0. The molecule has 20 heavy (non-hydrogen) atoms. The molecule has 0 aromatic heterocycles. The van der Waals surface area contributed by atoms with Gasteiger partial charge in [0.15, 0.2) is 0 Å². The van der Waals surface area contributed by atoms with Crippen molar-refractivity contribution in [2.45, 2.75) is 39.3 Å². The smallest absolute Gasteiger partial charge is 0.131 e. The number of rotatable bonds is 4. The third-order valence-electron chi connectivity index (χ3n) is 3.84. The van der Waals surface area contributed by atoms with Gasteiger partial charge in [-0.2, -0.15) is 0 Å². The van der Waals surface area contributed by atoms with Crippen LogP contribution in [0.4, 0.5) is 4.39 Å². The van der Waals surface area contributed by atoms with Crippen molar-refractivity contribution in [2.75, 3.05) is 0 Å². The maximum atomic E-state index is 14.2. The molecular weight excluding hydrogens is 249 g/mol. The van der Waals surface area contributed by atoms with Crippen LogP contribution in [-0.2, 0) is 6.54 Å². The Morgan fingerprint density at radius 1 is 1.00 bits per heavy atom. The van der Waals surface area contributed by atoms with Crippen LogP contribution < -0.4 is 5.32 Å². The monoisotopic (exact) mass is 269 g/mol. The summed E-state index contributed by atoms with van der Waals surface area (Å²) in [5, 5.41) is 3.51. The Morgan fingerprint density at radius 2 is 1.65 bits per heavy atom. The molecule has 2 heteroatoms. The zero-order valence-electron chi connectivity index (χ0n) is 12.0. The van der Waals surface area contributed by atoms with Crippen LogP contribution in [0.5, 0.6) is 0 Å². The highest BCUT2D eigenvalue weighted by Crippen LogP contribution is 2.29. The average molecular weight is 269 g/mol. The second-order valence-electron chi connectivity index (χ2n) is 5.80. The molecule has 0 amide bonds. The Balaban J connectivity index is 2.00. The van der Waals surface area contributed by atoms with E-state index in [-0.39, 0.29) is 5.82 Å². The number of halogens is 1. The van der Waals surface area contributed by atoms with Gasteiger partial charge in [0.1, 0.15) is 5.82 Å². The first-order valence-corrected chi connectivity index (χ1v) is 7.23.